The Bertz CT molecular complexity index is 1220. The second kappa shape index (κ2) is 9.95. The molecule has 0 saturated carbocycles. The maximum atomic E-state index is 12.8. The first kappa shape index (κ1) is 24.1. The van der Waals surface area contributed by atoms with E-state index in [4.69, 9.17) is 14.9 Å². The van der Waals surface area contributed by atoms with Crippen molar-refractivity contribution in [3.05, 3.63) is 63.5 Å². The Hall–Kier alpha value is -3.53. The third-order valence-electron chi connectivity index (χ3n) is 4.76. The van der Waals surface area contributed by atoms with E-state index >= 15 is 0 Å². The van der Waals surface area contributed by atoms with Gasteiger partial charge in [-0.2, -0.15) is 0 Å². The zero-order valence-corrected chi connectivity index (χ0v) is 18.0. The summed E-state index contributed by atoms with van der Waals surface area (Å²) in [5.74, 6) is -0.999. The molecule has 176 valence electrons. The number of anilines is 1. The first-order chi connectivity index (χ1) is 15.7. The van der Waals surface area contributed by atoms with Crippen LogP contribution < -0.4 is 26.1 Å². The summed E-state index contributed by atoms with van der Waals surface area (Å²) < 4.78 is 53.5. The van der Waals surface area contributed by atoms with Crippen molar-refractivity contribution in [1.29, 1.82) is 0 Å². The minimum absolute atomic E-state index is 0.0272. The van der Waals surface area contributed by atoms with Gasteiger partial charge in [-0.25, -0.2) is 4.79 Å². The number of amides is 1. The number of nitrogens with two attached hydrogens (primary N) is 1. The number of hydrogen-bond acceptors (Lipinski definition) is 6. The number of ether oxygens (including phenoxy) is 2. The van der Waals surface area contributed by atoms with Crippen molar-refractivity contribution in [3.8, 4) is 11.5 Å². The zero-order chi connectivity index (χ0) is 24.2. The van der Waals surface area contributed by atoms with Crippen LogP contribution in [0.15, 0.2) is 45.6 Å². The lowest BCUT2D eigenvalue weighted by Gasteiger charge is -2.15. The van der Waals surface area contributed by atoms with Gasteiger partial charge in [-0.3, -0.25) is 4.79 Å². The maximum Gasteiger partial charge on any atom is 0.573 e. The van der Waals surface area contributed by atoms with E-state index in [1.807, 2.05) is 13.8 Å². The SMILES string of the molecule is CCCc1c(OCC)ccc2cc(C(=O)Nc3ccc(CN)cc3OC(F)(F)F)c(=O)oc12. The highest BCUT2D eigenvalue weighted by atomic mass is 19.4. The summed E-state index contributed by atoms with van der Waals surface area (Å²) in [6.07, 6.45) is -3.62. The molecule has 0 radical (unpaired) electrons. The van der Waals surface area contributed by atoms with Gasteiger partial charge in [0.1, 0.15) is 16.9 Å². The molecule has 1 heterocycles. The van der Waals surface area contributed by atoms with Gasteiger partial charge in [0.05, 0.1) is 12.3 Å². The molecule has 10 heteroatoms. The average Bonchev–Trinajstić information content (AvgIpc) is 2.75. The molecule has 0 aliphatic heterocycles. The minimum Gasteiger partial charge on any atom is -0.493 e. The first-order valence-electron chi connectivity index (χ1n) is 10.3. The normalized spacial score (nSPS) is 11.5. The predicted octanol–water partition coefficient (Wildman–Crippen LogP) is 4.75. The molecular formula is C23H23F3N2O5. The molecule has 1 aromatic heterocycles. The number of nitrogens with one attached hydrogen (secondary N) is 1. The molecule has 0 spiro atoms. The molecule has 0 fully saturated rings. The number of carbonyl (C=O) groups is 1. The number of alkyl halides is 3. The molecule has 0 saturated heterocycles. The van der Waals surface area contributed by atoms with Gasteiger partial charge in [0, 0.05) is 17.5 Å². The Morgan fingerprint density at radius 2 is 1.88 bits per heavy atom. The van der Waals surface area contributed by atoms with E-state index in [9.17, 15) is 22.8 Å². The van der Waals surface area contributed by atoms with Gasteiger partial charge in [-0.1, -0.05) is 19.4 Å². The summed E-state index contributed by atoms with van der Waals surface area (Å²) in [6.45, 7) is 4.20. The molecule has 7 nitrogen and oxygen atoms in total. The second-order valence-electron chi connectivity index (χ2n) is 7.13. The smallest absolute Gasteiger partial charge is 0.493 e. The zero-order valence-electron chi connectivity index (χ0n) is 18.0. The molecule has 2 aromatic carbocycles. The molecule has 3 rings (SSSR count). The molecular weight excluding hydrogens is 441 g/mol. The van der Waals surface area contributed by atoms with Crippen molar-refractivity contribution < 1.29 is 31.9 Å². The topological polar surface area (TPSA) is 104 Å². The molecule has 0 bridgehead atoms. The Morgan fingerprint density at radius 3 is 2.52 bits per heavy atom. The third-order valence-corrected chi connectivity index (χ3v) is 4.76. The van der Waals surface area contributed by atoms with Crippen LogP contribution in [0.5, 0.6) is 11.5 Å². The fraction of sp³-hybridized carbons (Fsp3) is 0.304. The number of fused-ring (bicyclic) bond motifs is 1. The Balaban J connectivity index is 2.00. The first-order valence-corrected chi connectivity index (χ1v) is 10.3. The Labute approximate surface area is 187 Å². The molecule has 3 aromatic rings. The largest absolute Gasteiger partial charge is 0.573 e. The fourth-order valence-corrected chi connectivity index (χ4v) is 3.36. The van der Waals surface area contributed by atoms with Gasteiger partial charge in [-0.05, 0) is 49.2 Å². The van der Waals surface area contributed by atoms with Crippen LogP contribution in [0.3, 0.4) is 0 Å². The lowest BCUT2D eigenvalue weighted by atomic mass is 10.0. The highest BCUT2D eigenvalue weighted by Gasteiger charge is 2.32. The predicted molar refractivity (Wildman–Crippen MR) is 117 cm³/mol. The van der Waals surface area contributed by atoms with Crippen LogP contribution in [0.4, 0.5) is 18.9 Å². The third kappa shape index (κ3) is 5.64. The number of halogens is 3. The second-order valence-corrected chi connectivity index (χ2v) is 7.13. The number of benzene rings is 2. The molecule has 0 unspecified atom stereocenters. The Morgan fingerprint density at radius 1 is 1.12 bits per heavy atom. The van der Waals surface area contributed by atoms with E-state index in [1.54, 1.807) is 12.1 Å². The van der Waals surface area contributed by atoms with Crippen molar-refractivity contribution in [3.63, 3.8) is 0 Å². The average molecular weight is 464 g/mol. The number of carbonyl (C=O) groups excluding carboxylic acids is 1. The van der Waals surface area contributed by atoms with Crippen molar-refractivity contribution in [2.75, 3.05) is 11.9 Å². The minimum atomic E-state index is -4.98. The van der Waals surface area contributed by atoms with Crippen LogP contribution >= 0.6 is 0 Å². The van der Waals surface area contributed by atoms with Gasteiger partial charge in [-0.15, -0.1) is 13.2 Å². The molecule has 3 N–H and O–H groups in total. The fourth-order valence-electron chi connectivity index (χ4n) is 3.36. The van der Waals surface area contributed by atoms with Crippen LogP contribution in [0.2, 0.25) is 0 Å². The highest BCUT2D eigenvalue weighted by molar-refractivity contribution is 6.06. The summed E-state index contributed by atoms with van der Waals surface area (Å²) in [5, 5.41) is 2.77. The van der Waals surface area contributed by atoms with E-state index < -0.39 is 23.6 Å². The molecule has 1 amide bonds. The molecule has 33 heavy (non-hydrogen) atoms. The van der Waals surface area contributed by atoms with Gasteiger partial charge < -0.3 is 24.9 Å². The molecule has 0 aliphatic carbocycles. The quantitative estimate of drug-likeness (QED) is 0.466. The summed E-state index contributed by atoms with van der Waals surface area (Å²) in [5.41, 5.74) is 5.29. The number of rotatable bonds is 8. The maximum absolute atomic E-state index is 12.8. The van der Waals surface area contributed by atoms with Gasteiger partial charge >= 0.3 is 12.0 Å². The standard InChI is InChI=1S/C23H23F3N2O5/c1-3-5-15-18(31-4-2)9-7-14-11-16(22(30)32-20(14)15)21(29)28-17-8-6-13(12-27)10-19(17)33-23(24,25)26/h6-11H,3-5,12,27H2,1-2H3,(H,28,29). The number of hydrogen-bond donors (Lipinski definition) is 2. The summed E-state index contributed by atoms with van der Waals surface area (Å²) in [4.78, 5) is 25.4. The van der Waals surface area contributed by atoms with Gasteiger partial charge in [0.25, 0.3) is 5.91 Å². The molecule has 0 aliphatic rings. The molecule has 0 atom stereocenters. The van der Waals surface area contributed by atoms with Gasteiger partial charge in [0.2, 0.25) is 0 Å². The van der Waals surface area contributed by atoms with E-state index in [-0.39, 0.29) is 17.8 Å². The lowest BCUT2D eigenvalue weighted by molar-refractivity contribution is -0.274. The lowest BCUT2D eigenvalue weighted by Crippen LogP contribution is -2.23. The van der Waals surface area contributed by atoms with Crippen molar-refractivity contribution >= 4 is 22.6 Å². The van der Waals surface area contributed by atoms with Crippen molar-refractivity contribution in [2.24, 2.45) is 5.73 Å². The monoisotopic (exact) mass is 464 g/mol. The summed E-state index contributed by atoms with van der Waals surface area (Å²) in [7, 11) is 0. The van der Waals surface area contributed by atoms with Crippen molar-refractivity contribution in [2.45, 2.75) is 39.6 Å². The summed E-state index contributed by atoms with van der Waals surface area (Å²) in [6, 6.07) is 8.43. The van der Waals surface area contributed by atoms with Gasteiger partial charge in [0.15, 0.2) is 5.75 Å². The van der Waals surface area contributed by atoms with Crippen LogP contribution in [-0.4, -0.2) is 18.9 Å². The van der Waals surface area contributed by atoms with E-state index in [0.717, 1.165) is 12.5 Å². The van der Waals surface area contributed by atoms with Crippen LogP contribution in [0.25, 0.3) is 11.0 Å². The number of aryl methyl sites for hydroxylation is 1. The summed E-state index contributed by atoms with van der Waals surface area (Å²) >= 11 is 0. The van der Waals surface area contributed by atoms with Crippen LogP contribution in [-0.2, 0) is 13.0 Å². The Kier molecular flexibility index (Phi) is 7.27. The van der Waals surface area contributed by atoms with Crippen LogP contribution in [0.1, 0.15) is 41.8 Å². The van der Waals surface area contributed by atoms with Crippen molar-refractivity contribution in [1.82, 2.24) is 0 Å². The van der Waals surface area contributed by atoms with E-state index in [0.29, 0.717) is 40.9 Å². The van der Waals surface area contributed by atoms with E-state index in [1.165, 1.54) is 18.2 Å². The van der Waals surface area contributed by atoms with E-state index in [2.05, 4.69) is 10.1 Å². The highest BCUT2D eigenvalue weighted by Crippen LogP contribution is 2.32. The van der Waals surface area contributed by atoms with Crippen LogP contribution in [0, 0.1) is 0 Å².